The lowest BCUT2D eigenvalue weighted by Crippen LogP contribution is -2.50. The van der Waals surface area contributed by atoms with E-state index in [2.05, 4.69) is 15.5 Å². The van der Waals surface area contributed by atoms with Gasteiger partial charge in [-0.05, 0) is 37.1 Å². The highest BCUT2D eigenvalue weighted by molar-refractivity contribution is 5.81. The molecule has 0 saturated carbocycles. The first-order valence-electron chi connectivity index (χ1n) is 8.53. The number of carbonyl (C=O) groups is 1. The quantitative estimate of drug-likeness (QED) is 0.859. The molecule has 2 aromatic rings. The highest BCUT2D eigenvalue weighted by atomic mass is 16.5. The van der Waals surface area contributed by atoms with Crippen molar-refractivity contribution in [3.05, 3.63) is 34.9 Å². The molecule has 1 aliphatic rings. The Labute approximate surface area is 153 Å². The molecule has 1 amide bonds. The molecule has 2 heterocycles. The first-order valence-corrected chi connectivity index (χ1v) is 8.53. The van der Waals surface area contributed by atoms with E-state index in [0.717, 1.165) is 22.8 Å². The third-order valence-electron chi connectivity index (χ3n) is 4.81. The van der Waals surface area contributed by atoms with Crippen LogP contribution in [0.15, 0.2) is 12.1 Å². The fourth-order valence-electron chi connectivity index (χ4n) is 3.21. The van der Waals surface area contributed by atoms with E-state index in [0.29, 0.717) is 31.1 Å². The molecular weight excluding hydrogens is 334 g/mol. The van der Waals surface area contributed by atoms with Crippen molar-refractivity contribution in [2.45, 2.75) is 39.5 Å². The molecule has 0 aliphatic carbocycles. The van der Waals surface area contributed by atoms with Crippen LogP contribution in [0.1, 0.15) is 22.8 Å². The van der Waals surface area contributed by atoms with Crippen LogP contribution in [0.4, 0.5) is 0 Å². The fourth-order valence-corrected chi connectivity index (χ4v) is 3.21. The summed E-state index contributed by atoms with van der Waals surface area (Å²) in [5.41, 5.74) is 2.08. The number of rotatable bonds is 5. The van der Waals surface area contributed by atoms with Gasteiger partial charge in [0.05, 0.1) is 20.8 Å². The van der Waals surface area contributed by atoms with E-state index < -0.39 is 0 Å². The van der Waals surface area contributed by atoms with Crippen LogP contribution in [0.2, 0.25) is 0 Å². The number of hydrogen-bond acceptors (Lipinski definition) is 6. The van der Waals surface area contributed by atoms with E-state index in [1.54, 1.807) is 19.1 Å². The molecule has 26 heavy (non-hydrogen) atoms. The monoisotopic (exact) mass is 359 g/mol. The number of aromatic nitrogens is 3. The first kappa shape index (κ1) is 18.2. The number of amides is 1. The maximum absolute atomic E-state index is 12.9. The summed E-state index contributed by atoms with van der Waals surface area (Å²) in [6.07, 6.45) is 0. The minimum absolute atomic E-state index is 0.0398. The standard InChI is InChI=1S/C18H25N5O3/c1-11-6-15(25-4)16(26-5)7-13(11)9-22(3)18(24)14-10-23-12(2)20-21-17(23)8-19-14/h6-7,14,19H,8-10H2,1-5H3. The minimum atomic E-state index is -0.289. The summed E-state index contributed by atoms with van der Waals surface area (Å²) in [7, 11) is 5.04. The topological polar surface area (TPSA) is 81.5 Å². The molecule has 0 bridgehead atoms. The van der Waals surface area contributed by atoms with Crippen LogP contribution < -0.4 is 14.8 Å². The molecule has 1 unspecified atom stereocenters. The summed E-state index contributed by atoms with van der Waals surface area (Å²) >= 11 is 0. The van der Waals surface area contributed by atoms with Gasteiger partial charge in [0.15, 0.2) is 11.5 Å². The van der Waals surface area contributed by atoms with Crippen LogP contribution in [0.3, 0.4) is 0 Å². The molecular formula is C18H25N5O3. The molecule has 1 aromatic carbocycles. The summed E-state index contributed by atoms with van der Waals surface area (Å²) in [6.45, 7) is 5.49. The molecule has 1 N–H and O–H groups in total. The van der Waals surface area contributed by atoms with Crippen molar-refractivity contribution in [2.75, 3.05) is 21.3 Å². The predicted molar refractivity (Wildman–Crippen MR) is 96.1 cm³/mol. The van der Waals surface area contributed by atoms with Gasteiger partial charge in [0.1, 0.15) is 17.7 Å². The predicted octanol–water partition coefficient (Wildman–Crippen LogP) is 1.04. The second-order valence-corrected chi connectivity index (χ2v) is 6.54. The number of nitrogens with one attached hydrogen (secondary N) is 1. The van der Waals surface area contributed by atoms with E-state index in [-0.39, 0.29) is 11.9 Å². The Morgan fingerprint density at radius 2 is 1.96 bits per heavy atom. The number of nitrogens with zero attached hydrogens (tertiary/aromatic N) is 4. The SMILES string of the molecule is COc1cc(C)c(CN(C)C(=O)C2Cn3c(C)nnc3CN2)cc1OC. The number of fused-ring (bicyclic) bond motifs is 1. The van der Waals surface area contributed by atoms with Gasteiger partial charge in [0, 0.05) is 20.1 Å². The Kier molecular flexibility index (Phi) is 5.13. The van der Waals surface area contributed by atoms with Gasteiger partial charge >= 0.3 is 0 Å². The van der Waals surface area contributed by atoms with Gasteiger partial charge in [0.25, 0.3) is 0 Å². The van der Waals surface area contributed by atoms with Gasteiger partial charge < -0.3 is 18.9 Å². The van der Waals surface area contributed by atoms with Crippen molar-refractivity contribution >= 4 is 5.91 Å². The largest absolute Gasteiger partial charge is 0.493 e. The van der Waals surface area contributed by atoms with E-state index in [1.165, 1.54) is 0 Å². The number of hydrogen-bond donors (Lipinski definition) is 1. The van der Waals surface area contributed by atoms with Crippen molar-refractivity contribution in [3.63, 3.8) is 0 Å². The first-order chi connectivity index (χ1) is 12.4. The molecule has 0 spiro atoms. The molecule has 3 rings (SSSR count). The van der Waals surface area contributed by atoms with Gasteiger partial charge in [-0.1, -0.05) is 0 Å². The molecule has 8 nitrogen and oxygen atoms in total. The average Bonchev–Trinajstić information content (AvgIpc) is 3.02. The van der Waals surface area contributed by atoms with Crippen LogP contribution >= 0.6 is 0 Å². The number of ether oxygens (including phenoxy) is 2. The van der Waals surface area contributed by atoms with Crippen molar-refractivity contribution in [3.8, 4) is 11.5 Å². The van der Waals surface area contributed by atoms with Crippen molar-refractivity contribution in [1.82, 2.24) is 25.0 Å². The summed E-state index contributed by atoms with van der Waals surface area (Å²) in [6, 6.07) is 3.56. The van der Waals surface area contributed by atoms with E-state index in [9.17, 15) is 4.79 Å². The zero-order chi connectivity index (χ0) is 18.8. The van der Waals surface area contributed by atoms with Gasteiger partial charge in [-0.25, -0.2) is 0 Å². The molecule has 1 aromatic heterocycles. The highest BCUT2D eigenvalue weighted by Gasteiger charge is 2.28. The molecule has 0 saturated heterocycles. The summed E-state index contributed by atoms with van der Waals surface area (Å²) < 4.78 is 12.7. The number of likely N-dealkylation sites (N-methyl/N-ethyl adjacent to an activating group) is 1. The Morgan fingerprint density at radius 3 is 2.65 bits per heavy atom. The van der Waals surface area contributed by atoms with Gasteiger partial charge in [-0.2, -0.15) is 0 Å². The Balaban J connectivity index is 1.73. The zero-order valence-electron chi connectivity index (χ0n) is 15.9. The van der Waals surface area contributed by atoms with Crippen molar-refractivity contribution in [2.24, 2.45) is 0 Å². The van der Waals surface area contributed by atoms with E-state index in [1.807, 2.05) is 37.6 Å². The number of benzene rings is 1. The second-order valence-electron chi connectivity index (χ2n) is 6.54. The van der Waals surface area contributed by atoms with Crippen LogP contribution in [-0.4, -0.2) is 52.9 Å². The zero-order valence-corrected chi connectivity index (χ0v) is 15.9. The minimum Gasteiger partial charge on any atom is -0.493 e. The highest BCUT2D eigenvalue weighted by Crippen LogP contribution is 2.30. The van der Waals surface area contributed by atoms with Crippen LogP contribution in [0, 0.1) is 13.8 Å². The Hall–Kier alpha value is -2.61. The average molecular weight is 359 g/mol. The molecule has 0 radical (unpaired) electrons. The number of carbonyl (C=O) groups excluding carboxylic acids is 1. The van der Waals surface area contributed by atoms with Gasteiger partial charge in [-0.3, -0.25) is 10.1 Å². The molecule has 0 fully saturated rings. The van der Waals surface area contributed by atoms with Crippen LogP contribution in [0.5, 0.6) is 11.5 Å². The maximum Gasteiger partial charge on any atom is 0.241 e. The second kappa shape index (κ2) is 7.33. The van der Waals surface area contributed by atoms with Crippen molar-refractivity contribution < 1.29 is 14.3 Å². The maximum atomic E-state index is 12.9. The molecule has 1 atom stereocenters. The lowest BCUT2D eigenvalue weighted by molar-refractivity contribution is -0.133. The molecule has 1 aliphatic heterocycles. The Morgan fingerprint density at radius 1 is 1.27 bits per heavy atom. The molecule has 140 valence electrons. The number of methoxy groups -OCH3 is 2. The van der Waals surface area contributed by atoms with E-state index in [4.69, 9.17) is 9.47 Å². The van der Waals surface area contributed by atoms with E-state index >= 15 is 0 Å². The lowest BCUT2D eigenvalue weighted by Gasteiger charge is -2.29. The fraction of sp³-hybridized carbons (Fsp3) is 0.500. The van der Waals surface area contributed by atoms with Crippen LogP contribution in [-0.2, 0) is 24.4 Å². The summed E-state index contributed by atoms with van der Waals surface area (Å²) in [4.78, 5) is 14.6. The Bertz CT molecular complexity index is 817. The van der Waals surface area contributed by atoms with Gasteiger partial charge in [-0.15, -0.1) is 10.2 Å². The third-order valence-corrected chi connectivity index (χ3v) is 4.81. The normalized spacial score (nSPS) is 16.1. The van der Waals surface area contributed by atoms with Gasteiger partial charge in [0.2, 0.25) is 5.91 Å². The van der Waals surface area contributed by atoms with Crippen LogP contribution in [0.25, 0.3) is 0 Å². The summed E-state index contributed by atoms with van der Waals surface area (Å²) in [5.74, 6) is 3.09. The smallest absolute Gasteiger partial charge is 0.241 e. The van der Waals surface area contributed by atoms with Crippen molar-refractivity contribution in [1.29, 1.82) is 0 Å². The molecule has 8 heteroatoms. The summed E-state index contributed by atoms with van der Waals surface area (Å²) in [5, 5.41) is 11.4. The lowest BCUT2D eigenvalue weighted by atomic mass is 10.1. The number of aryl methyl sites for hydroxylation is 2. The third kappa shape index (κ3) is 3.37.